The Labute approximate surface area is 146 Å². The van der Waals surface area contributed by atoms with Crippen LogP contribution in [0.15, 0.2) is 22.7 Å². The van der Waals surface area contributed by atoms with E-state index in [-0.39, 0.29) is 0 Å². The van der Waals surface area contributed by atoms with Gasteiger partial charge in [0.15, 0.2) is 0 Å². The lowest BCUT2D eigenvalue weighted by molar-refractivity contribution is 0.152. The summed E-state index contributed by atoms with van der Waals surface area (Å²) in [5.74, 6) is 1.14. The number of likely N-dealkylation sites (N-methyl/N-ethyl adjacent to an activating group) is 1. The molecule has 0 amide bonds. The zero-order chi connectivity index (χ0) is 16.2. The zero-order valence-corrected chi connectivity index (χ0v) is 14.6. The highest BCUT2D eigenvalue weighted by Crippen LogP contribution is 2.31. The second-order valence-corrected chi connectivity index (χ2v) is 6.65. The molecule has 1 aromatic heterocycles. The van der Waals surface area contributed by atoms with Gasteiger partial charge in [0, 0.05) is 38.2 Å². The van der Waals surface area contributed by atoms with Crippen LogP contribution in [0.25, 0.3) is 11.4 Å². The highest BCUT2D eigenvalue weighted by molar-refractivity contribution is 6.43. The standard InChI is InChI=1S/C16H20Cl2N4O/c1-21-8-10-22(11-9-21)7-3-6-14-19-16(20-23-14)12-4-2-5-13(17)15(12)18/h2,4-5H,3,6-11H2,1H3. The fourth-order valence-electron chi connectivity index (χ4n) is 2.67. The van der Waals surface area contributed by atoms with Gasteiger partial charge in [-0.2, -0.15) is 4.98 Å². The van der Waals surface area contributed by atoms with Crippen LogP contribution < -0.4 is 0 Å². The summed E-state index contributed by atoms with van der Waals surface area (Å²) in [5, 5.41) is 4.96. The first-order chi connectivity index (χ1) is 11.1. The van der Waals surface area contributed by atoms with Crippen LogP contribution in [0.5, 0.6) is 0 Å². The van der Waals surface area contributed by atoms with E-state index in [2.05, 4.69) is 27.0 Å². The fourth-order valence-corrected chi connectivity index (χ4v) is 3.05. The Hall–Kier alpha value is -1.14. The lowest BCUT2D eigenvalue weighted by Crippen LogP contribution is -2.44. The quantitative estimate of drug-likeness (QED) is 0.824. The summed E-state index contributed by atoms with van der Waals surface area (Å²) in [6, 6.07) is 5.41. The minimum atomic E-state index is 0.457. The zero-order valence-electron chi connectivity index (χ0n) is 13.1. The van der Waals surface area contributed by atoms with Gasteiger partial charge in [-0.05, 0) is 32.1 Å². The maximum Gasteiger partial charge on any atom is 0.227 e. The van der Waals surface area contributed by atoms with E-state index in [0.29, 0.717) is 27.3 Å². The number of hydrogen-bond donors (Lipinski definition) is 0. The molecule has 2 heterocycles. The van der Waals surface area contributed by atoms with Crippen molar-refractivity contribution in [2.45, 2.75) is 12.8 Å². The van der Waals surface area contributed by atoms with Crippen LogP contribution in [0, 0.1) is 0 Å². The molecule has 7 heteroatoms. The summed E-state index contributed by atoms with van der Waals surface area (Å²) in [4.78, 5) is 9.26. The molecule has 23 heavy (non-hydrogen) atoms. The predicted octanol–water partition coefficient (Wildman–Crippen LogP) is 3.22. The molecule has 0 atom stereocenters. The summed E-state index contributed by atoms with van der Waals surface area (Å²) in [6.07, 6.45) is 1.78. The Balaban J connectivity index is 1.54. The molecule has 1 aliphatic heterocycles. The Morgan fingerprint density at radius 3 is 2.74 bits per heavy atom. The number of piperazine rings is 1. The first-order valence-electron chi connectivity index (χ1n) is 7.81. The van der Waals surface area contributed by atoms with Gasteiger partial charge >= 0.3 is 0 Å². The molecule has 5 nitrogen and oxygen atoms in total. The number of hydrogen-bond acceptors (Lipinski definition) is 5. The van der Waals surface area contributed by atoms with E-state index in [1.54, 1.807) is 6.07 Å². The van der Waals surface area contributed by atoms with Crippen LogP contribution >= 0.6 is 23.2 Å². The third kappa shape index (κ3) is 4.23. The summed E-state index contributed by atoms with van der Waals surface area (Å²) >= 11 is 12.2. The maximum atomic E-state index is 6.19. The van der Waals surface area contributed by atoms with Crippen LogP contribution in [-0.4, -0.2) is 59.7 Å². The third-order valence-electron chi connectivity index (χ3n) is 4.12. The van der Waals surface area contributed by atoms with Gasteiger partial charge in [0.05, 0.1) is 10.0 Å². The smallest absolute Gasteiger partial charge is 0.227 e. The van der Waals surface area contributed by atoms with Crippen molar-refractivity contribution in [3.05, 3.63) is 34.1 Å². The number of nitrogens with zero attached hydrogens (tertiary/aromatic N) is 4. The molecule has 1 aromatic carbocycles. The number of aryl methyl sites for hydroxylation is 1. The van der Waals surface area contributed by atoms with Crippen molar-refractivity contribution in [3.8, 4) is 11.4 Å². The second-order valence-electron chi connectivity index (χ2n) is 5.86. The van der Waals surface area contributed by atoms with Gasteiger partial charge in [-0.25, -0.2) is 0 Å². The Bertz CT molecular complexity index is 653. The molecule has 2 aromatic rings. The van der Waals surface area contributed by atoms with Crippen LogP contribution in [-0.2, 0) is 6.42 Å². The molecule has 0 N–H and O–H groups in total. The molecule has 1 fully saturated rings. The minimum absolute atomic E-state index is 0.457. The molecular weight excluding hydrogens is 335 g/mol. The van der Waals surface area contributed by atoms with Gasteiger partial charge in [0.25, 0.3) is 0 Å². The highest BCUT2D eigenvalue weighted by atomic mass is 35.5. The molecule has 3 rings (SSSR count). The van der Waals surface area contributed by atoms with Gasteiger partial charge in [-0.15, -0.1) is 0 Å². The number of rotatable bonds is 5. The monoisotopic (exact) mass is 354 g/mol. The predicted molar refractivity (Wildman–Crippen MR) is 92.0 cm³/mol. The minimum Gasteiger partial charge on any atom is -0.339 e. The normalized spacial score (nSPS) is 16.8. The van der Waals surface area contributed by atoms with Crippen molar-refractivity contribution in [1.82, 2.24) is 19.9 Å². The average Bonchev–Trinajstić information content (AvgIpc) is 3.01. The summed E-state index contributed by atoms with van der Waals surface area (Å²) in [5.41, 5.74) is 0.702. The van der Waals surface area contributed by atoms with Crippen molar-refractivity contribution in [1.29, 1.82) is 0 Å². The van der Waals surface area contributed by atoms with E-state index in [4.69, 9.17) is 27.7 Å². The van der Waals surface area contributed by atoms with E-state index in [1.165, 1.54) is 0 Å². The van der Waals surface area contributed by atoms with Crippen LogP contribution in [0.3, 0.4) is 0 Å². The van der Waals surface area contributed by atoms with Gasteiger partial charge in [0.2, 0.25) is 11.7 Å². The molecule has 0 unspecified atom stereocenters. The van der Waals surface area contributed by atoms with Gasteiger partial charge in [0.1, 0.15) is 0 Å². The first-order valence-corrected chi connectivity index (χ1v) is 8.57. The van der Waals surface area contributed by atoms with Crippen molar-refractivity contribution >= 4 is 23.2 Å². The number of aromatic nitrogens is 2. The molecule has 0 spiro atoms. The molecule has 0 saturated carbocycles. The molecule has 0 bridgehead atoms. The van der Waals surface area contributed by atoms with Crippen LogP contribution in [0.4, 0.5) is 0 Å². The molecule has 0 aliphatic carbocycles. The average molecular weight is 355 g/mol. The van der Waals surface area contributed by atoms with Gasteiger partial charge in [-0.1, -0.05) is 34.4 Å². The van der Waals surface area contributed by atoms with E-state index in [0.717, 1.165) is 45.6 Å². The number of benzene rings is 1. The van der Waals surface area contributed by atoms with Crippen molar-refractivity contribution < 1.29 is 4.52 Å². The van der Waals surface area contributed by atoms with E-state index < -0.39 is 0 Å². The second kappa shape index (κ2) is 7.62. The van der Waals surface area contributed by atoms with Crippen LogP contribution in [0.1, 0.15) is 12.3 Å². The SMILES string of the molecule is CN1CCN(CCCc2nc(-c3cccc(Cl)c3Cl)no2)CC1. The third-order valence-corrected chi connectivity index (χ3v) is 4.94. The molecule has 0 radical (unpaired) electrons. The molecular formula is C16H20Cl2N4O. The highest BCUT2D eigenvalue weighted by Gasteiger charge is 2.15. The fraction of sp³-hybridized carbons (Fsp3) is 0.500. The Kier molecular flexibility index (Phi) is 5.54. The summed E-state index contributed by atoms with van der Waals surface area (Å²) in [7, 11) is 2.16. The van der Waals surface area contributed by atoms with Crippen molar-refractivity contribution in [2.75, 3.05) is 39.8 Å². The molecule has 124 valence electrons. The van der Waals surface area contributed by atoms with E-state index >= 15 is 0 Å². The Morgan fingerprint density at radius 1 is 1.17 bits per heavy atom. The lowest BCUT2D eigenvalue weighted by atomic mass is 10.2. The summed E-state index contributed by atoms with van der Waals surface area (Å²) < 4.78 is 5.33. The molecule has 1 saturated heterocycles. The van der Waals surface area contributed by atoms with Crippen molar-refractivity contribution in [3.63, 3.8) is 0 Å². The van der Waals surface area contributed by atoms with Crippen molar-refractivity contribution in [2.24, 2.45) is 0 Å². The Morgan fingerprint density at radius 2 is 1.96 bits per heavy atom. The van der Waals surface area contributed by atoms with Crippen LogP contribution in [0.2, 0.25) is 10.0 Å². The summed E-state index contributed by atoms with van der Waals surface area (Å²) in [6.45, 7) is 5.59. The van der Waals surface area contributed by atoms with Gasteiger partial charge in [-0.3, -0.25) is 0 Å². The maximum absolute atomic E-state index is 6.19. The lowest BCUT2D eigenvalue weighted by Gasteiger charge is -2.32. The van der Waals surface area contributed by atoms with E-state index in [1.807, 2.05) is 12.1 Å². The van der Waals surface area contributed by atoms with E-state index in [9.17, 15) is 0 Å². The first kappa shape index (κ1) is 16.7. The molecule has 1 aliphatic rings. The number of halogens is 2. The van der Waals surface area contributed by atoms with Gasteiger partial charge < -0.3 is 14.3 Å². The topological polar surface area (TPSA) is 45.4 Å². The largest absolute Gasteiger partial charge is 0.339 e.